The number of hydrogen-bond acceptors (Lipinski definition) is 0. The van der Waals surface area contributed by atoms with E-state index in [1.807, 2.05) is 15.4 Å². The minimum Gasteiger partial charge on any atom is -1.00 e. The van der Waals surface area contributed by atoms with Crippen LogP contribution < -0.4 is 24.8 Å². The molecular weight excluding hydrogens is 522 g/mol. The average molecular weight is 551 g/mol. The van der Waals surface area contributed by atoms with Crippen LogP contribution in [0, 0.1) is 11.7 Å². The molecule has 5 heteroatoms. The van der Waals surface area contributed by atoms with Crippen molar-refractivity contribution in [3.8, 4) is 0 Å². The molecule has 2 unspecified atom stereocenters. The summed E-state index contributed by atoms with van der Waals surface area (Å²) >= 11 is -2.02. The van der Waals surface area contributed by atoms with Gasteiger partial charge in [-0.05, 0) is 0 Å². The number of hydrogen-bond donors (Lipinski definition) is 0. The van der Waals surface area contributed by atoms with Crippen LogP contribution in [0.15, 0.2) is 74.6 Å². The molecule has 0 N–H and O–H groups in total. The van der Waals surface area contributed by atoms with Crippen LogP contribution >= 0.6 is 0 Å². The summed E-state index contributed by atoms with van der Waals surface area (Å²) in [4.78, 5) is 0. The van der Waals surface area contributed by atoms with Crippen molar-refractivity contribution >= 4 is 11.0 Å². The first-order valence-electron chi connectivity index (χ1n) is 10.4. The summed E-state index contributed by atoms with van der Waals surface area (Å²) in [6.07, 6.45) is 2.45. The van der Waals surface area contributed by atoms with E-state index >= 15 is 0 Å². The monoisotopic (exact) mass is 548 g/mol. The van der Waals surface area contributed by atoms with E-state index in [1.165, 1.54) is 16.7 Å². The molecule has 0 saturated carbocycles. The minimum atomic E-state index is -2.02. The Bertz CT molecular complexity index is 1140. The van der Waals surface area contributed by atoms with Gasteiger partial charge in [-0.3, -0.25) is 0 Å². The number of halogens is 3. The van der Waals surface area contributed by atoms with Gasteiger partial charge in [-0.25, -0.2) is 0 Å². The van der Waals surface area contributed by atoms with Crippen molar-refractivity contribution < 1.29 is 49.6 Å². The zero-order valence-corrected chi connectivity index (χ0v) is 24.0. The van der Waals surface area contributed by atoms with Gasteiger partial charge in [0.25, 0.3) is 0 Å². The first-order chi connectivity index (χ1) is 13.8. The van der Waals surface area contributed by atoms with Gasteiger partial charge in [-0.1, -0.05) is 0 Å². The molecule has 0 bridgehead atoms. The Balaban J connectivity index is 0.00000171. The van der Waals surface area contributed by atoms with Crippen LogP contribution in [0.1, 0.15) is 48.0 Å². The molecule has 4 rings (SSSR count). The fraction of sp³-hybridized carbons (Fsp3) is 0.308. The maximum atomic E-state index is 14.7. The Morgan fingerprint density at radius 2 is 1.42 bits per heavy atom. The molecule has 0 amide bonds. The molecule has 0 aromatic heterocycles. The standard InChI is InChI=1S/C15H10F.C9H13.C2H6Si.2ClH.Zr/c16-15-8-4-3-7-14(15)13-10-9-11-5-1-2-6-12(11)13;1-6-5-7(2)9(4)8(6)3;1-3-2;;;/h1-10H;6H,1-4H3;1-2H3;2*1H;/q;;;;;+2/p-2. The molecule has 2 aliphatic rings. The Labute approximate surface area is 206 Å². The summed E-state index contributed by atoms with van der Waals surface area (Å²) in [5, 5.41) is 0. The van der Waals surface area contributed by atoms with Crippen LogP contribution in [-0.2, 0) is 20.4 Å². The molecule has 31 heavy (non-hydrogen) atoms. The molecule has 2 aromatic rings. The molecule has 162 valence electrons. The maximum Gasteiger partial charge on any atom is -1.00 e. The fourth-order valence-corrected chi connectivity index (χ4v) is 24.7. The number of rotatable bonds is 3. The third-order valence-corrected chi connectivity index (χ3v) is 25.4. The summed E-state index contributed by atoms with van der Waals surface area (Å²) in [6.45, 7) is 14.4. The molecule has 0 heterocycles. The van der Waals surface area contributed by atoms with Crippen molar-refractivity contribution in [1.29, 1.82) is 0 Å². The van der Waals surface area contributed by atoms with Crippen LogP contribution in [0.3, 0.4) is 0 Å². The molecule has 0 aliphatic heterocycles. The predicted molar refractivity (Wildman–Crippen MR) is 120 cm³/mol. The van der Waals surface area contributed by atoms with Gasteiger partial charge in [0.15, 0.2) is 0 Å². The summed E-state index contributed by atoms with van der Waals surface area (Å²) in [6, 6.07) is 16.0. The first kappa shape index (κ1) is 26.5. The van der Waals surface area contributed by atoms with Crippen LogP contribution in [0.2, 0.25) is 13.1 Å². The molecular formula is C26H29Cl2FSiZr. The quantitative estimate of drug-likeness (QED) is 0.508. The van der Waals surface area contributed by atoms with Gasteiger partial charge in [-0.2, -0.15) is 0 Å². The Hall–Kier alpha value is -0.730. The molecule has 2 aliphatic carbocycles. The van der Waals surface area contributed by atoms with Crippen molar-refractivity contribution in [3.63, 3.8) is 0 Å². The number of allylic oxidation sites excluding steroid dienone is 5. The molecule has 0 spiro atoms. The van der Waals surface area contributed by atoms with Crippen LogP contribution in [0.25, 0.3) is 5.57 Å². The van der Waals surface area contributed by atoms with E-state index < -0.39 is 25.8 Å². The zero-order valence-electron chi connectivity index (χ0n) is 19.0. The Morgan fingerprint density at radius 1 is 0.839 bits per heavy atom. The molecule has 2 aromatic carbocycles. The minimum absolute atomic E-state index is 0. The summed E-state index contributed by atoms with van der Waals surface area (Å²) in [5.74, 6) is 0.471. The van der Waals surface area contributed by atoms with E-state index in [9.17, 15) is 4.39 Å². The molecule has 2 atom stereocenters. The van der Waals surface area contributed by atoms with E-state index in [0.717, 1.165) is 11.1 Å². The van der Waals surface area contributed by atoms with E-state index in [-0.39, 0.29) is 30.6 Å². The van der Waals surface area contributed by atoms with Gasteiger partial charge in [0.2, 0.25) is 0 Å². The third kappa shape index (κ3) is 4.54. The van der Waals surface area contributed by atoms with E-state index in [2.05, 4.69) is 71.1 Å². The van der Waals surface area contributed by atoms with Crippen molar-refractivity contribution in [2.75, 3.05) is 0 Å². The topological polar surface area (TPSA) is 0 Å². The van der Waals surface area contributed by atoms with E-state index in [0.29, 0.717) is 9.54 Å². The van der Waals surface area contributed by atoms with Gasteiger partial charge in [0, 0.05) is 0 Å². The number of fused-ring (bicyclic) bond motifs is 1. The van der Waals surface area contributed by atoms with Crippen LogP contribution in [0.5, 0.6) is 0 Å². The van der Waals surface area contributed by atoms with E-state index in [4.69, 9.17) is 0 Å². The largest absolute Gasteiger partial charge is 1.00 e. The zero-order chi connectivity index (χ0) is 20.9. The van der Waals surface area contributed by atoms with Gasteiger partial charge in [0.05, 0.1) is 0 Å². The predicted octanol–water partition coefficient (Wildman–Crippen LogP) is 1.45. The van der Waals surface area contributed by atoms with E-state index in [1.54, 1.807) is 23.3 Å². The normalized spacial score (nSPS) is 19.2. The fourth-order valence-electron chi connectivity index (χ4n) is 5.06. The van der Waals surface area contributed by atoms with Gasteiger partial charge < -0.3 is 24.8 Å². The third-order valence-electron chi connectivity index (χ3n) is 6.86. The molecule has 0 nitrogen and oxygen atoms in total. The summed E-state index contributed by atoms with van der Waals surface area (Å²) in [5.41, 5.74) is 8.76. The SMILES string of the molecule is CC1=C(C)C(C)[C]([Zr+2]([CH]2C=C(c3ccccc3F)c3ccccc32)=[Si](C)C)=C1C.[Cl-].[Cl-]. The van der Waals surface area contributed by atoms with Crippen molar-refractivity contribution in [2.24, 2.45) is 5.92 Å². The van der Waals surface area contributed by atoms with Gasteiger partial charge in [-0.15, -0.1) is 0 Å². The number of benzene rings is 2. The smallest absolute Gasteiger partial charge is 1.00 e. The average Bonchev–Trinajstić information content (AvgIpc) is 3.16. The summed E-state index contributed by atoms with van der Waals surface area (Å²) in [7, 11) is 0. The van der Waals surface area contributed by atoms with Crippen LogP contribution in [-0.4, -0.2) is 5.43 Å². The van der Waals surface area contributed by atoms with Gasteiger partial charge >= 0.3 is 183 Å². The first-order valence-corrected chi connectivity index (χ1v) is 19.3. The molecule has 0 saturated heterocycles. The Kier molecular flexibility index (Phi) is 8.96. The Morgan fingerprint density at radius 3 is 1.97 bits per heavy atom. The van der Waals surface area contributed by atoms with Crippen LogP contribution in [0.4, 0.5) is 4.39 Å². The molecule has 0 fully saturated rings. The second-order valence-corrected chi connectivity index (χ2v) is 26.1. The maximum absolute atomic E-state index is 14.7. The van der Waals surface area contributed by atoms with Crippen molar-refractivity contribution in [1.82, 2.24) is 0 Å². The summed E-state index contributed by atoms with van der Waals surface area (Å²) < 4.78 is 17.0. The van der Waals surface area contributed by atoms with Gasteiger partial charge in [0.1, 0.15) is 0 Å². The second kappa shape index (κ2) is 10.5. The molecule has 0 radical (unpaired) electrons. The van der Waals surface area contributed by atoms with Crippen molar-refractivity contribution in [2.45, 2.75) is 44.4 Å². The van der Waals surface area contributed by atoms with Crippen molar-refractivity contribution in [3.05, 3.63) is 97.1 Å². The second-order valence-electron chi connectivity index (χ2n) is 8.61.